The number of halogens is 1. The number of hydrazine groups is 1. The summed E-state index contributed by atoms with van der Waals surface area (Å²) in [6.07, 6.45) is -0.322. The molecule has 2 atom stereocenters. The lowest BCUT2D eigenvalue weighted by Gasteiger charge is -2.31. The number of carbonyl (C=O) groups is 2. The molecule has 1 aliphatic heterocycles. The number of esters is 1. The predicted molar refractivity (Wildman–Crippen MR) is 182 cm³/mol. The Morgan fingerprint density at radius 1 is 1.02 bits per heavy atom. The number of anilines is 1. The second kappa shape index (κ2) is 15.6. The molecule has 11 heteroatoms. The van der Waals surface area contributed by atoms with Crippen LogP contribution in [0.15, 0.2) is 82.3 Å². The summed E-state index contributed by atoms with van der Waals surface area (Å²) in [5.74, 6) is 0.0366. The first-order chi connectivity index (χ1) is 21.9. The third-order valence-corrected chi connectivity index (χ3v) is 7.81. The van der Waals surface area contributed by atoms with E-state index < -0.39 is 29.1 Å². The van der Waals surface area contributed by atoms with Gasteiger partial charge in [0.25, 0.3) is 5.91 Å². The quantitative estimate of drug-likeness (QED) is 0.115. The van der Waals surface area contributed by atoms with Crippen molar-refractivity contribution < 1.29 is 28.9 Å². The minimum absolute atomic E-state index is 0.0412. The largest absolute Gasteiger partial charge is 0.494 e. The van der Waals surface area contributed by atoms with Crippen LogP contribution in [0, 0.1) is 0 Å². The molecule has 0 bridgehead atoms. The molecule has 10 nitrogen and oxygen atoms in total. The number of aliphatic hydroxyl groups excluding tert-OH is 1. The van der Waals surface area contributed by atoms with E-state index in [0.717, 1.165) is 21.3 Å². The van der Waals surface area contributed by atoms with E-state index >= 15 is 0 Å². The summed E-state index contributed by atoms with van der Waals surface area (Å²) in [5, 5.41) is 9.05. The number of amides is 1. The number of ether oxygens (including phenoxy) is 3. The molecule has 1 aliphatic rings. The van der Waals surface area contributed by atoms with Crippen LogP contribution in [0.25, 0.3) is 0 Å². The topological polar surface area (TPSA) is 122 Å². The van der Waals surface area contributed by atoms with Crippen LogP contribution < -0.4 is 20.5 Å². The van der Waals surface area contributed by atoms with Gasteiger partial charge >= 0.3 is 5.97 Å². The van der Waals surface area contributed by atoms with Crippen LogP contribution in [0.5, 0.6) is 5.75 Å². The van der Waals surface area contributed by atoms with Gasteiger partial charge in [0.05, 0.1) is 6.61 Å². The van der Waals surface area contributed by atoms with Crippen molar-refractivity contribution in [1.82, 2.24) is 10.9 Å². The monoisotopic (exact) mass is 694 g/mol. The van der Waals surface area contributed by atoms with Gasteiger partial charge in [0.1, 0.15) is 11.4 Å². The van der Waals surface area contributed by atoms with Gasteiger partial charge in [-0.1, -0.05) is 40.2 Å². The zero-order valence-corrected chi connectivity index (χ0v) is 28.6. The van der Waals surface area contributed by atoms with Crippen LogP contribution in [-0.2, 0) is 25.6 Å². The molecule has 3 aromatic carbocycles. The van der Waals surface area contributed by atoms with Gasteiger partial charge in [-0.15, -0.1) is 0 Å². The average molecular weight is 696 g/mol. The van der Waals surface area contributed by atoms with Gasteiger partial charge in [0, 0.05) is 55.8 Å². The maximum absolute atomic E-state index is 14.3. The first-order valence-corrected chi connectivity index (χ1v) is 16.1. The number of hydrogen-bond donors (Lipinski definition) is 3. The highest BCUT2D eigenvalue weighted by Gasteiger charge is 2.53. The summed E-state index contributed by atoms with van der Waals surface area (Å²) in [4.78, 5) is 34.2. The van der Waals surface area contributed by atoms with Crippen molar-refractivity contribution in [2.75, 3.05) is 32.2 Å². The first-order valence-electron chi connectivity index (χ1n) is 15.3. The van der Waals surface area contributed by atoms with E-state index in [9.17, 15) is 9.59 Å². The molecule has 1 heterocycles. The van der Waals surface area contributed by atoms with Gasteiger partial charge < -0.3 is 24.2 Å². The van der Waals surface area contributed by atoms with E-state index in [2.05, 4.69) is 26.8 Å². The fourth-order valence-electron chi connectivity index (χ4n) is 4.94. The summed E-state index contributed by atoms with van der Waals surface area (Å²) in [6, 6.07) is 22.7. The molecule has 0 unspecified atom stereocenters. The SMILES string of the molecule is CN(C)c1ccc(CNNC(=O)[C@@]2(CCC(=O)OC(C)(C)C)N=C(c3ccc(OCCCO)cc3)O[C@H]2c2ccc(Br)cc2)cc1. The summed E-state index contributed by atoms with van der Waals surface area (Å²) in [6.45, 7) is 6.22. The lowest BCUT2D eigenvalue weighted by atomic mass is 9.83. The van der Waals surface area contributed by atoms with E-state index in [1.54, 1.807) is 32.9 Å². The molecule has 4 rings (SSSR count). The van der Waals surface area contributed by atoms with Crippen molar-refractivity contribution in [3.8, 4) is 5.75 Å². The van der Waals surface area contributed by atoms with E-state index in [1.807, 2.05) is 79.7 Å². The van der Waals surface area contributed by atoms with Crippen LogP contribution >= 0.6 is 15.9 Å². The average Bonchev–Trinajstić information content (AvgIpc) is 3.41. The minimum atomic E-state index is -1.50. The lowest BCUT2D eigenvalue weighted by molar-refractivity contribution is -0.155. The fourth-order valence-corrected chi connectivity index (χ4v) is 5.20. The van der Waals surface area contributed by atoms with Crippen molar-refractivity contribution in [2.24, 2.45) is 4.99 Å². The zero-order valence-electron chi connectivity index (χ0n) is 27.0. The van der Waals surface area contributed by atoms with Gasteiger partial charge in [-0.25, -0.2) is 10.4 Å². The molecule has 46 heavy (non-hydrogen) atoms. The number of nitrogens with zero attached hydrogens (tertiary/aromatic N) is 2. The third-order valence-electron chi connectivity index (χ3n) is 7.28. The molecule has 0 aromatic heterocycles. The number of aliphatic hydroxyl groups is 1. The normalized spacial score (nSPS) is 17.5. The van der Waals surface area contributed by atoms with Crippen molar-refractivity contribution >= 4 is 39.4 Å². The van der Waals surface area contributed by atoms with Crippen molar-refractivity contribution in [2.45, 2.75) is 63.8 Å². The van der Waals surface area contributed by atoms with E-state index in [4.69, 9.17) is 24.3 Å². The summed E-state index contributed by atoms with van der Waals surface area (Å²) in [5.41, 5.74) is 7.15. The number of hydrogen-bond acceptors (Lipinski definition) is 9. The summed E-state index contributed by atoms with van der Waals surface area (Å²) in [7, 11) is 3.96. The Morgan fingerprint density at radius 2 is 1.70 bits per heavy atom. The van der Waals surface area contributed by atoms with E-state index in [0.29, 0.717) is 30.9 Å². The third kappa shape index (κ3) is 9.31. The number of carbonyl (C=O) groups excluding carboxylic acids is 2. The number of rotatable bonds is 14. The van der Waals surface area contributed by atoms with Crippen LogP contribution in [0.4, 0.5) is 5.69 Å². The van der Waals surface area contributed by atoms with Gasteiger partial charge in [-0.05, 0) is 86.8 Å². The highest BCUT2D eigenvalue weighted by Crippen LogP contribution is 2.43. The molecule has 0 spiro atoms. The van der Waals surface area contributed by atoms with Gasteiger partial charge in [-0.2, -0.15) is 0 Å². The Hall–Kier alpha value is -3.93. The highest BCUT2D eigenvalue weighted by molar-refractivity contribution is 9.10. The van der Waals surface area contributed by atoms with Crippen LogP contribution in [0.1, 0.15) is 62.8 Å². The van der Waals surface area contributed by atoms with E-state index in [-0.39, 0.29) is 25.3 Å². The Bertz CT molecular complexity index is 1490. The molecule has 3 aromatic rings. The maximum atomic E-state index is 14.3. The minimum Gasteiger partial charge on any atom is -0.494 e. The molecule has 0 fully saturated rings. The molecule has 1 amide bonds. The number of nitrogens with one attached hydrogen (secondary N) is 2. The van der Waals surface area contributed by atoms with Gasteiger partial charge in [0.15, 0.2) is 11.6 Å². The molecular weight excluding hydrogens is 652 g/mol. The number of benzene rings is 3. The highest BCUT2D eigenvalue weighted by atomic mass is 79.9. The smallest absolute Gasteiger partial charge is 0.306 e. The molecule has 0 saturated heterocycles. The molecule has 0 saturated carbocycles. The molecule has 246 valence electrons. The number of aliphatic imine (C=N–C) groups is 1. The Morgan fingerprint density at radius 3 is 2.30 bits per heavy atom. The van der Waals surface area contributed by atoms with Crippen LogP contribution in [0.3, 0.4) is 0 Å². The predicted octanol–water partition coefficient (Wildman–Crippen LogP) is 5.48. The molecule has 0 aliphatic carbocycles. The van der Waals surface area contributed by atoms with Gasteiger partial charge in [-0.3, -0.25) is 15.0 Å². The van der Waals surface area contributed by atoms with Crippen molar-refractivity contribution in [3.05, 3.63) is 94.0 Å². The van der Waals surface area contributed by atoms with E-state index in [1.165, 1.54) is 0 Å². The van der Waals surface area contributed by atoms with Crippen LogP contribution in [0.2, 0.25) is 0 Å². The van der Waals surface area contributed by atoms with Crippen molar-refractivity contribution in [1.29, 1.82) is 0 Å². The Labute approximate surface area is 279 Å². The fraction of sp³-hybridized carbons (Fsp3) is 0.400. The summed E-state index contributed by atoms with van der Waals surface area (Å²) < 4.78 is 18.6. The first kappa shape index (κ1) is 34.9. The lowest BCUT2D eigenvalue weighted by Crippen LogP contribution is -2.52. The van der Waals surface area contributed by atoms with Crippen molar-refractivity contribution in [3.63, 3.8) is 0 Å². The second-order valence-electron chi connectivity index (χ2n) is 12.3. The Balaban J connectivity index is 1.66. The second-order valence-corrected chi connectivity index (χ2v) is 13.2. The molecule has 3 N–H and O–H groups in total. The standard InChI is InChI=1S/C35H43BrN4O6/c1-34(2,3)46-30(42)19-20-35(33(43)39-37-23-24-7-15-28(16-8-24)40(4)5)31(25-9-13-27(36)14-10-25)45-32(38-35)26-11-17-29(18-12-26)44-22-6-21-41/h7-18,31,37,41H,6,19-23H2,1-5H3,(H,39,43)/t31-,35-/m0/s1. The maximum Gasteiger partial charge on any atom is 0.306 e. The molecular formula is C35H43BrN4O6. The molecule has 0 radical (unpaired) electrons. The summed E-state index contributed by atoms with van der Waals surface area (Å²) >= 11 is 3.49. The zero-order chi connectivity index (χ0) is 33.3. The Kier molecular flexibility index (Phi) is 11.8. The van der Waals surface area contributed by atoms with Gasteiger partial charge in [0.2, 0.25) is 5.90 Å². The van der Waals surface area contributed by atoms with Crippen LogP contribution in [-0.4, -0.2) is 61.3 Å².